The average Bonchev–Trinajstić information content (AvgIpc) is 2.04. The highest BCUT2D eigenvalue weighted by atomic mass is 16.3. The third-order valence-electron chi connectivity index (χ3n) is 1.65. The molecule has 0 radical (unpaired) electrons. The highest BCUT2D eigenvalue weighted by molar-refractivity contribution is 5.37. The minimum Gasteiger partial charge on any atom is -0.393 e. The van der Waals surface area contributed by atoms with Crippen LogP contribution in [0.4, 0.5) is 0 Å². The predicted octanol–water partition coefficient (Wildman–Crippen LogP) is 1.48. The fourth-order valence-electron chi connectivity index (χ4n) is 1.13. The summed E-state index contributed by atoms with van der Waals surface area (Å²) in [4.78, 5) is 0. The first-order chi connectivity index (χ1) is 5.74. The minimum absolute atomic E-state index is 0.389. The van der Waals surface area contributed by atoms with Gasteiger partial charge in [0.2, 0.25) is 0 Å². The van der Waals surface area contributed by atoms with Crippen molar-refractivity contribution in [2.45, 2.75) is 19.4 Å². The van der Waals surface area contributed by atoms with Crippen molar-refractivity contribution in [1.29, 1.82) is 5.26 Å². The summed E-state index contributed by atoms with van der Waals surface area (Å²) in [5.74, 6) is 0. The largest absolute Gasteiger partial charge is 0.393 e. The van der Waals surface area contributed by atoms with E-state index >= 15 is 0 Å². The lowest BCUT2D eigenvalue weighted by molar-refractivity contribution is 0.195. The number of aliphatic hydroxyl groups excluding tert-OH is 1. The van der Waals surface area contributed by atoms with E-state index in [0.717, 1.165) is 5.56 Å². The highest BCUT2D eigenvalue weighted by Crippen LogP contribution is 2.09. The Labute approximate surface area is 72.1 Å². The summed E-state index contributed by atoms with van der Waals surface area (Å²) in [5, 5.41) is 17.8. The molecule has 0 saturated carbocycles. The summed E-state index contributed by atoms with van der Waals surface area (Å²) < 4.78 is 0. The van der Waals surface area contributed by atoms with Gasteiger partial charge in [-0.2, -0.15) is 5.26 Å². The third-order valence-corrected chi connectivity index (χ3v) is 1.65. The molecule has 0 spiro atoms. The average molecular weight is 161 g/mol. The number of aliphatic hydroxyl groups is 1. The van der Waals surface area contributed by atoms with Crippen LogP contribution in [0.25, 0.3) is 0 Å². The number of hydrogen-bond donors (Lipinski definition) is 1. The monoisotopic (exact) mass is 161 g/mol. The summed E-state index contributed by atoms with van der Waals surface area (Å²) in [6.07, 6.45) is 0.156. The molecule has 1 aromatic rings. The Kier molecular flexibility index (Phi) is 2.84. The van der Waals surface area contributed by atoms with E-state index in [1.165, 1.54) is 0 Å². The molecule has 12 heavy (non-hydrogen) atoms. The molecule has 1 aromatic carbocycles. The molecule has 1 N–H and O–H groups in total. The molecule has 0 unspecified atom stereocenters. The predicted molar refractivity (Wildman–Crippen MR) is 46.5 cm³/mol. The van der Waals surface area contributed by atoms with Gasteiger partial charge in [-0.05, 0) is 25.0 Å². The maximum absolute atomic E-state index is 9.12. The Balaban J connectivity index is 2.91. The van der Waals surface area contributed by atoms with E-state index in [4.69, 9.17) is 10.4 Å². The van der Waals surface area contributed by atoms with E-state index in [0.29, 0.717) is 12.0 Å². The first-order valence-electron chi connectivity index (χ1n) is 3.90. The molecule has 2 heteroatoms. The topological polar surface area (TPSA) is 44.0 Å². The molecule has 0 fully saturated rings. The molecular formula is C10H11NO. The minimum atomic E-state index is -0.389. The van der Waals surface area contributed by atoms with Crippen molar-refractivity contribution >= 4 is 0 Å². The highest BCUT2D eigenvalue weighted by Gasteiger charge is 2.03. The van der Waals surface area contributed by atoms with Crippen LogP contribution in [0.3, 0.4) is 0 Å². The lowest BCUT2D eigenvalue weighted by atomic mass is 10.0. The third kappa shape index (κ3) is 2.08. The van der Waals surface area contributed by atoms with Gasteiger partial charge in [-0.15, -0.1) is 0 Å². The van der Waals surface area contributed by atoms with Gasteiger partial charge in [0.25, 0.3) is 0 Å². The van der Waals surface area contributed by atoms with Gasteiger partial charge in [-0.1, -0.05) is 18.2 Å². The number of hydrogen-bond acceptors (Lipinski definition) is 2. The SMILES string of the molecule is C[C@H](O)Cc1ccccc1C#N. The van der Waals surface area contributed by atoms with Gasteiger partial charge in [0.1, 0.15) is 0 Å². The van der Waals surface area contributed by atoms with Crippen LogP contribution in [0, 0.1) is 11.3 Å². The molecule has 0 amide bonds. The molecule has 0 aromatic heterocycles. The number of benzene rings is 1. The van der Waals surface area contributed by atoms with Crippen LogP contribution in [0.15, 0.2) is 24.3 Å². The van der Waals surface area contributed by atoms with Crippen LogP contribution in [0.5, 0.6) is 0 Å². The number of rotatable bonds is 2. The zero-order valence-corrected chi connectivity index (χ0v) is 6.99. The first kappa shape index (κ1) is 8.76. The Morgan fingerprint density at radius 3 is 2.75 bits per heavy atom. The smallest absolute Gasteiger partial charge is 0.0994 e. The second-order valence-corrected chi connectivity index (χ2v) is 2.82. The van der Waals surface area contributed by atoms with Crippen LogP contribution >= 0.6 is 0 Å². The summed E-state index contributed by atoms with van der Waals surface area (Å²) in [7, 11) is 0. The van der Waals surface area contributed by atoms with Crippen LogP contribution in [0.2, 0.25) is 0 Å². The standard InChI is InChI=1S/C10H11NO/c1-8(12)6-9-4-2-3-5-10(9)7-11/h2-5,8,12H,6H2,1H3/t8-/m0/s1. The second kappa shape index (κ2) is 3.89. The summed E-state index contributed by atoms with van der Waals surface area (Å²) in [6.45, 7) is 1.72. The second-order valence-electron chi connectivity index (χ2n) is 2.82. The molecule has 0 bridgehead atoms. The van der Waals surface area contributed by atoms with Crippen molar-refractivity contribution in [3.05, 3.63) is 35.4 Å². The lowest BCUT2D eigenvalue weighted by Gasteiger charge is -2.04. The molecule has 0 aliphatic carbocycles. The van der Waals surface area contributed by atoms with E-state index in [1.807, 2.05) is 18.2 Å². The van der Waals surface area contributed by atoms with Crippen molar-refractivity contribution in [3.63, 3.8) is 0 Å². The molecule has 0 aliphatic rings. The molecule has 1 atom stereocenters. The maximum Gasteiger partial charge on any atom is 0.0994 e. The van der Waals surface area contributed by atoms with E-state index in [2.05, 4.69) is 6.07 Å². The zero-order chi connectivity index (χ0) is 8.97. The molecule has 1 rings (SSSR count). The quantitative estimate of drug-likeness (QED) is 0.714. The van der Waals surface area contributed by atoms with Gasteiger partial charge >= 0.3 is 0 Å². The number of nitrogens with zero attached hydrogens (tertiary/aromatic N) is 1. The van der Waals surface area contributed by atoms with Crippen molar-refractivity contribution in [2.24, 2.45) is 0 Å². The molecular weight excluding hydrogens is 150 g/mol. The van der Waals surface area contributed by atoms with Gasteiger partial charge in [0.15, 0.2) is 0 Å². The molecule has 0 aliphatic heterocycles. The summed E-state index contributed by atoms with van der Waals surface area (Å²) in [5.41, 5.74) is 1.56. The number of nitriles is 1. The van der Waals surface area contributed by atoms with Gasteiger partial charge in [-0.25, -0.2) is 0 Å². The Bertz CT molecular complexity index is 299. The van der Waals surface area contributed by atoms with E-state index in [9.17, 15) is 0 Å². The van der Waals surface area contributed by atoms with Gasteiger partial charge in [0, 0.05) is 0 Å². The van der Waals surface area contributed by atoms with Gasteiger partial charge < -0.3 is 5.11 Å². The Hall–Kier alpha value is -1.33. The summed E-state index contributed by atoms with van der Waals surface area (Å²) in [6, 6.07) is 9.41. The first-order valence-corrected chi connectivity index (χ1v) is 3.90. The summed E-state index contributed by atoms with van der Waals surface area (Å²) >= 11 is 0. The molecule has 62 valence electrons. The molecule has 0 heterocycles. The van der Waals surface area contributed by atoms with Crippen molar-refractivity contribution in [2.75, 3.05) is 0 Å². The molecule has 2 nitrogen and oxygen atoms in total. The van der Waals surface area contributed by atoms with Crippen LogP contribution < -0.4 is 0 Å². The van der Waals surface area contributed by atoms with E-state index < -0.39 is 0 Å². The molecule has 0 saturated heterocycles. The Morgan fingerprint density at radius 2 is 2.17 bits per heavy atom. The van der Waals surface area contributed by atoms with Crippen LogP contribution in [-0.4, -0.2) is 11.2 Å². The Morgan fingerprint density at radius 1 is 1.50 bits per heavy atom. The van der Waals surface area contributed by atoms with Crippen molar-refractivity contribution in [1.82, 2.24) is 0 Å². The fourth-order valence-corrected chi connectivity index (χ4v) is 1.13. The van der Waals surface area contributed by atoms with E-state index in [-0.39, 0.29) is 6.10 Å². The lowest BCUT2D eigenvalue weighted by Crippen LogP contribution is -2.05. The normalized spacial score (nSPS) is 12.1. The van der Waals surface area contributed by atoms with Gasteiger partial charge in [-0.3, -0.25) is 0 Å². The fraction of sp³-hybridized carbons (Fsp3) is 0.300. The van der Waals surface area contributed by atoms with Crippen molar-refractivity contribution in [3.8, 4) is 6.07 Å². The zero-order valence-electron chi connectivity index (χ0n) is 6.99. The maximum atomic E-state index is 9.12. The van der Waals surface area contributed by atoms with Crippen LogP contribution in [-0.2, 0) is 6.42 Å². The van der Waals surface area contributed by atoms with Crippen LogP contribution in [0.1, 0.15) is 18.1 Å². The van der Waals surface area contributed by atoms with Crippen molar-refractivity contribution < 1.29 is 5.11 Å². The van der Waals surface area contributed by atoms with Gasteiger partial charge in [0.05, 0.1) is 17.7 Å². The van der Waals surface area contributed by atoms with E-state index in [1.54, 1.807) is 13.0 Å².